The Morgan fingerprint density at radius 1 is 1.48 bits per heavy atom. The van der Waals surface area contributed by atoms with Gasteiger partial charge in [0.05, 0.1) is 12.2 Å². The number of carbonyl (C=O) groups excluding carboxylic acids is 1. The summed E-state index contributed by atoms with van der Waals surface area (Å²) in [6.45, 7) is 8.43. The summed E-state index contributed by atoms with van der Waals surface area (Å²) in [7, 11) is 0. The number of morpholine rings is 1. The SMILES string of the molecule is C[C@@H]1CN([C@@H](C)CNC(=O)c2ccc(=O)[nH]n2)C[C@@H](C)O1. The van der Waals surface area contributed by atoms with E-state index in [0.29, 0.717) is 6.54 Å². The maximum atomic E-state index is 11.9. The molecule has 0 saturated carbocycles. The zero-order chi connectivity index (χ0) is 15.4. The highest BCUT2D eigenvalue weighted by Crippen LogP contribution is 2.13. The molecule has 1 aliphatic rings. The van der Waals surface area contributed by atoms with Crippen molar-refractivity contribution >= 4 is 5.91 Å². The second kappa shape index (κ2) is 6.82. The highest BCUT2D eigenvalue weighted by atomic mass is 16.5. The summed E-state index contributed by atoms with van der Waals surface area (Å²) in [6.07, 6.45) is 0.403. The normalized spacial score (nSPS) is 24.5. The van der Waals surface area contributed by atoms with E-state index in [1.54, 1.807) is 0 Å². The molecule has 1 saturated heterocycles. The van der Waals surface area contributed by atoms with Gasteiger partial charge in [-0.25, -0.2) is 5.10 Å². The van der Waals surface area contributed by atoms with Crippen LogP contribution in [-0.4, -0.2) is 58.9 Å². The minimum Gasteiger partial charge on any atom is -0.373 e. The van der Waals surface area contributed by atoms with E-state index in [9.17, 15) is 9.59 Å². The summed E-state index contributed by atoms with van der Waals surface area (Å²) in [6, 6.07) is 2.92. The summed E-state index contributed by atoms with van der Waals surface area (Å²) in [5, 5.41) is 8.80. The van der Waals surface area contributed by atoms with Gasteiger partial charge in [0.1, 0.15) is 5.69 Å². The molecule has 1 aliphatic heterocycles. The van der Waals surface area contributed by atoms with E-state index in [4.69, 9.17) is 4.74 Å². The van der Waals surface area contributed by atoms with Gasteiger partial charge in [0, 0.05) is 31.7 Å². The summed E-state index contributed by atoms with van der Waals surface area (Å²) in [5.41, 5.74) is -0.110. The number of rotatable bonds is 4. The van der Waals surface area contributed by atoms with Crippen LogP contribution in [-0.2, 0) is 4.74 Å². The number of ether oxygens (including phenoxy) is 1. The highest BCUT2D eigenvalue weighted by molar-refractivity contribution is 5.91. The topological polar surface area (TPSA) is 87.3 Å². The van der Waals surface area contributed by atoms with E-state index in [1.165, 1.54) is 12.1 Å². The van der Waals surface area contributed by atoms with Crippen molar-refractivity contribution < 1.29 is 9.53 Å². The summed E-state index contributed by atoms with van der Waals surface area (Å²) < 4.78 is 5.70. The Hall–Kier alpha value is -1.73. The van der Waals surface area contributed by atoms with E-state index in [-0.39, 0.29) is 35.4 Å². The maximum Gasteiger partial charge on any atom is 0.271 e. The van der Waals surface area contributed by atoms with Crippen LogP contribution in [0, 0.1) is 0 Å². The summed E-state index contributed by atoms with van der Waals surface area (Å²) in [5.74, 6) is -0.285. The molecule has 0 bridgehead atoms. The quantitative estimate of drug-likeness (QED) is 0.816. The van der Waals surface area contributed by atoms with Crippen molar-refractivity contribution in [3.05, 3.63) is 28.2 Å². The molecule has 3 atom stereocenters. The molecule has 2 rings (SSSR count). The number of hydrogen-bond donors (Lipinski definition) is 2. The van der Waals surface area contributed by atoms with Crippen molar-refractivity contribution in [2.75, 3.05) is 19.6 Å². The first-order valence-electron chi connectivity index (χ1n) is 7.19. The molecule has 2 heterocycles. The van der Waals surface area contributed by atoms with Crippen molar-refractivity contribution in [2.24, 2.45) is 0 Å². The molecule has 1 amide bonds. The Labute approximate surface area is 123 Å². The van der Waals surface area contributed by atoms with Crippen molar-refractivity contribution in [2.45, 2.75) is 39.0 Å². The van der Waals surface area contributed by atoms with Gasteiger partial charge in [-0.1, -0.05) is 0 Å². The van der Waals surface area contributed by atoms with Crippen LogP contribution in [0.3, 0.4) is 0 Å². The van der Waals surface area contributed by atoms with Crippen molar-refractivity contribution in [1.82, 2.24) is 20.4 Å². The number of carbonyl (C=O) groups is 1. The molecule has 0 aromatic carbocycles. The van der Waals surface area contributed by atoms with Crippen LogP contribution in [0.1, 0.15) is 31.3 Å². The molecule has 1 fully saturated rings. The monoisotopic (exact) mass is 294 g/mol. The second-order valence-corrected chi connectivity index (χ2v) is 5.58. The largest absolute Gasteiger partial charge is 0.373 e. The van der Waals surface area contributed by atoms with Gasteiger partial charge in [-0.15, -0.1) is 0 Å². The van der Waals surface area contributed by atoms with Gasteiger partial charge in [0.2, 0.25) is 0 Å². The van der Waals surface area contributed by atoms with E-state index in [2.05, 4.69) is 41.2 Å². The van der Waals surface area contributed by atoms with Crippen LogP contribution in [0.25, 0.3) is 0 Å². The number of H-pyrrole nitrogens is 1. The zero-order valence-electron chi connectivity index (χ0n) is 12.6. The Bertz CT molecular complexity index is 515. The Morgan fingerprint density at radius 2 is 2.14 bits per heavy atom. The van der Waals surface area contributed by atoms with Crippen LogP contribution < -0.4 is 10.9 Å². The van der Waals surface area contributed by atoms with Gasteiger partial charge < -0.3 is 10.1 Å². The minimum atomic E-state index is -0.323. The first-order chi connectivity index (χ1) is 9.95. The maximum absolute atomic E-state index is 11.9. The molecule has 0 spiro atoms. The fourth-order valence-corrected chi connectivity index (χ4v) is 2.51. The first-order valence-corrected chi connectivity index (χ1v) is 7.19. The van der Waals surface area contributed by atoms with Gasteiger partial charge in [0.15, 0.2) is 0 Å². The number of nitrogens with one attached hydrogen (secondary N) is 2. The number of nitrogens with zero attached hydrogens (tertiary/aromatic N) is 2. The number of aromatic nitrogens is 2. The fourth-order valence-electron chi connectivity index (χ4n) is 2.51. The lowest BCUT2D eigenvalue weighted by Crippen LogP contribution is -2.52. The number of hydrogen-bond acceptors (Lipinski definition) is 5. The lowest BCUT2D eigenvalue weighted by atomic mass is 10.1. The summed E-state index contributed by atoms with van der Waals surface area (Å²) >= 11 is 0. The van der Waals surface area contributed by atoms with Crippen LogP contribution in [0.15, 0.2) is 16.9 Å². The van der Waals surface area contributed by atoms with E-state index in [1.807, 2.05) is 0 Å². The molecule has 21 heavy (non-hydrogen) atoms. The Balaban J connectivity index is 1.85. The standard InChI is InChI=1S/C14H22N4O3/c1-9(18-7-10(2)21-11(3)8-18)6-15-14(20)12-4-5-13(19)17-16-12/h4-5,9-11H,6-8H2,1-3H3,(H,15,20)(H,17,19)/t9-,10+,11+/m0/s1. The first kappa shape index (κ1) is 15.7. The van der Waals surface area contributed by atoms with Gasteiger partial charge in [-0.05, 0) is 26.8 Å². The third kappa shape index (κ3) is 4.37. The van der Waals surface area contributed by atoms with Crippen LogP contribution >= 0.6 is 0 Å². The van der Waals surface area contributed by atoms with E-state index >= 15 is 0 Å². The second-order valence-electron chi connectivity index (χ2n) is 5.58. The minimum absolute atomic E-state index is 0.202. The molecule has 0 aliphatic carbocycles. The van der Waals surface area contributed by atoms with E-state index < -0.39 is 0 Å². The molecular formula is C14H22N4O3. The van der Waals surface area contributed by atoms with Gasteiger partial charge >= 0.3 is 0 Å². The predicted molar refractivity (Wildman–Crippen MR) is 78.2 cm³/mol. The molecule has 2 N–H and O–H groups in total. The van der Waals surface area contributed by atoms with Crippen LogP contribution in [0.5, 0.6) is 0 Å². The molecule has 7 nitrogen and oxygen atoms in total. The average molecular weight is 294 g/mol. The fraction of sp³-hybridized carbons (Fsp3) is 0.643. The molecule has 0 radical (unpaired) electrons. The summed E-state index contributed by atoms with van der Waals surface area (Å²) in [4.78, 5) is 25.1. The van der Waals surface area contributed by atoms with Crippen molar-refractivity contribution in [3.63, 3.8) is 0 Å². The highest BCUT2D eigenvalue weighted by Gasteiger charge is 2.25. The van der Waals surface area contributed by atoms with E-state index in [0.717, 1.165) is 13.1 Å². The smallest absolute Gasteiger partial charge is 0.271 e. The third-order valence-corrected chi connectivity index (χ3v) is 3.54. The number of aromatic amines is 1. The van der Waals surface area contributed by atoms with Gasteiger partial charge in [0.25, 0.3) is 11.5 Å². The molecular weight excluding hydrogens is 272 g/mol. The van der Waals surface area contributed by atoms with Crippen LogP contribution in [0.4, 0.5) is 0 Å². The lowest BCUT2D eigenvalue weighted by molar-refractivity contribution is -0.0778. The molecule has 7 heteroatoms. The molecule has 1 aromatic rings. The number of amides is 1. The average Bonchev–Trinajstić information content (AvgIpc) is 2.44. The van der Waals surface area contributed by atoms with Crippen molar-refractivity contribution in [3.8, 4) is 0 Å². The Kier molecular flexibility index (Phi) is 5.08. The zero-order valence-corrected chi connectivity index (χ0v) is 12.6. The molecule has 1 aromatic heterocycles. The Morgan fingerprint density at radius 3 is 2.71 bits per heavy atom. The predicted octanol–water partition coefficient (Wildman–Crippen LogP) is -0.00260. The van der Waals surface area contributed by atoms with Crippen molar-refractivity contribution in [1.29, 1.82) is 0 Å². The van der Waals surface area contributed by atoms with Gasteiger partial charge in [-0.2, -0.15) is 5.10 Å². The molecule has 116 valence electrons. The third-order valence-electron chi connectivity index (χ3n) is 3.54. The van der Waals surface area contributed by atoms with Gasteiger partial charge in [-0.3, -0.25) is 14.5 Å². The molecule has 0 unspecified atom stereocenters. The van der Waals surface area contributed by atoms with Crippen LogP contribution in [0.2, 0.25) is 0 Å². The lowest BCUT2D eigenvalue weighted by Gasteiger charge is -2.38.